The maximum atomic E-state index is 12.7. The Bertz CT molecular complexity index is 343. The second-order valence-electron chi connectivity index (χ2n) is 2.67. The number of fused-ring (bicyclic) bond motifs is 1. The molecular formula is C8H7FN2O2. The van der Waals surface area contributed by atoms with E-state index in [4.69, 9.17) is 4.74 Å². The third kappa shape index (κ3) is 1.32. The molecule has 0 fully saturated rings. The van der Waals surface area contributed by atoms with Crippen molar-refractivity contribution in [3.63, 3.8) is 0 Å². The van der Waals surface area contributed by atoms with Crippen molar-refractivity contribution < 1.29 is 9.13 Å². The number of anilines is 1. The topological polar surface area (TPSA) is 41.9 Å². The van der Waals surface area contributed by atoms with Gasteiger partial charge in [0.05, 0.1) is 11.8 Å². The first kappa shape index (κ1) is 7.97. The Balaban J connectivity index is 2.45. The summed E-state index contributed by atoms with van der Waals surface area (Å²) in [6.45, 7) is 0.754. The van der Waals surface area contributed by atoms with E-state index in [-0.39, 0.29) is 5.82 Å². The quantitative estimate of drug-likeness (QED) is 0.621. The van der Waals surface area contributed by atoms with Crippen LogP contribution >= 0.6 is 0 Å². The van der Waals surface area contributed by atoms with Gasteiger partial charge in [0, 0.05) is 6.07 Å². The van der Waals surface area contributed by atoms with Crippen molar-refractivity contribution in [3.8, 4) is 5.75 Å². The molecule has 0 saturated carbocycles. The van der Waals surface area contributed by atoms with E-state index in [9.17, 15) is 9.30 Å². The second-order valence-corrected chi connectivity index (χ2v) is 2.67. The SMILES string of the molecule is O=NN1CCOc2cc(F)ccc21. The van der Waals surface area contributed by atoms with E-state index in [2.05, 4.69) is 5.29 Å². The van der Waals surface area contributed by atoms with Crippen LogP contribution in [0.15, 0.2) is 23.5 Å². The lowest BCUT2D eigenvalue weighted by molar-refractivity contribution is 0.306. The summed E-state index contributed by atoms with van der Waals surface area (Å²) >= 11 is 0. The van der Waals surface area contributed by atoms with E-state index in [1.54, 1.807) is 0 Å². The Labute approximate surface area is 73.9 Å². The lowest BCUT2D eigenvalue weighted by atomic mass is 10.2. The Morgan fingerprint density at radius 3 is 3.15 bits per heavy atom. The lowest BCUT2D eigenvalue weighted by Gasteiger charge is -2.23. The van der Waals surface area contributed by atoms with Crippen LogP contribution in [0.5, 0.6) is 5.75 Å². The van der Waals surface area contributed by atoms with Crippen molar-refractivity contribution in [2.45, 2.75) is 0 Å². The monoisotopic (exact) mass is 182 g/mol. The zero-order valence-corrected chi connectivity index (χ0v) is 6.74. The van der Waals surface area contributed by atoms with Gasteiger partial charge in [0.1, 0.15) is 23.9 Å². The van der Waals surface area contributed by atoms with Gasteiger partial charge in [0.25, 0.3) is 0 Å². The maximum Gasteiger partial charge on any atom is 0.147 e. The maximum absolute atomic E-state index is 12.7. The largest absolute Gasteiger partial charge is 0.489 e. The Morgan fingerprint density at radius 1 is 1.54 bits per heavy atom. The molecule has 0 amide bonds. The van der Waals surface area contributed by atoms with Gasteiger partial charge in [-0.2, -0.15) is 0 Å². The van der Waals surface area contributed by atoms with Gasteiger partial charge >= 0.3 is 0 Å². The molecule has 2 rings (SSSR count). The minimum Gasteiger partial charge on any atom is -0.489 e. The average molecular weight is 182 g/mol. The highest BCUT2D eigenvalue weighted by Crippen LogP contribution is 2.31. The van der Waals surface area contributed by atoms with Crippen molar-refractivity contribution >= 4 is 5.69 Å². The number of nitroso groups, excluding NO2 is 1. The molecule has 1 aromatic carbocycles. The van der Waals surface area contributed by atoms with Crippen LogP contribution in [0.1, 0.15) is 0 Å². The van der Waals surface area contributed by atoms with E-state index in [0.717, 1.165) is 0 Å². The molecule has 4 nitrogen and oxygen atoms in total. The molecule has 1 aliphatic rings. The molecule has 0 spiro atoms. The summed E-state index contributed by atoms with van der Waals surface area (Å²) in [5.74, 6) is -0.0163. The zero-order valence-electron chi connectivity index (χ0n) is 6.74. The molecular weight excluding hydrogens is 175 g/mol. The van der Waals surface area contributed by atoms with Crippen LogP contribution in [-0.4, -0.2) is 13.2 Å². The molecule has 13 heavy (non-hydrogen) atoms. The molecule has 0 atom stereocenters. The minimum absolute atomic E-state index is 0.349. The molecule has 1 heterocycles. The molecule has 0 saturated heterocycles. The number of hydrogen-bond acceptors (Lipinski definition) is 3. The van der Waals surface area contributed by atoms with Crippen LogP contribution < -0.4 is 9.75 Å². The van der Waals surface area contributed by atoms with Crippen LogP contribution in [0.25, 0.3) is 0 Å². The van der Waals surface area contributed by atoms with Crippen LogP contribution in [0.2, 0.25) is 0 Å². The number of benzene rings is 1. The predicted octanol–water partition coefficient (Wildman–Crippen LogP) is 1.71. The van der Waals surface area contributed by atoms with Crippen molar-refractivity contribution in [2.24, 2.45) is 5.29 Å². The van der Waals surface area contributed by atoms with Gasteiger partial charge in [0.2, 0.25) is 0 Å². The zero-order chi connectivity index (χ0) is 9.26. The first-order valence-electron chi connectivity index (χ1n) is 3.84. The third-order valence-electron chi connectivity index (χ3n) is 1.86. The van der Waals surface area contributed by atoms with E-state index in [0.29, 0.717) is 24.6 Å². The van der Waals surface area contributed by atoms with Crippen molar-refractivity contribution in [2.75, 3.05) is 18.2 Å². The fourth-order valence-corrected chi connectivity index (χ4v) is 1.26. The number of halogens is 1. The highest BCUT2D eigenvalue weighted by atomic mass is 19.1. The molecule has 0 aromatic heterocycles. The minimum atomic E-state index is -0.383. The first-order valence-corrected chi connectivity index (χ1v) is 3.84. The summed E-state index contributed by atoms with van der Waals surface area (Å²) in [5.41, 5.74) is 0.516. The fraction of sp³-hybridized carbons (Fsp3) is 0.250. The van der Waals surface area contributed by atoms with Gasteiger partial charge in [-0.15, -0.1) is 4.91 Å². The summed E-state index contributed by atoms with van der Waals surface area (Å²) in [4.78, 5) is 10.3. The number of nitrogens with zero attached hydrogens (tertiary/aromatic N) is 2. The molecule has 0 N–H and O–H groups in total. The highest BCUT2D eigenvalue weighted by Gasteiger charge is 2.18. The van der Waals surface area contributed by atoms with Gasteiger partial charge < -0.3 is 4.74 Å². The Kier molecular flexibility index (Phi) is 1.84. The lowest BCUT2D eigenvalue weighted by Crippen LogP contribution is -2.27. The van der Waals surface area contributed by atoms with Crippen LogP contribution in [0.4, 0.5) is 10.1 Å². The van der Waals surface area contributed by atoms with Gasteiger partial charge in [-0.05, 0) is 12.1 Å². The second kappa shape index (κ2) is 3.01. The van der Waals surface area contributed by atoms with E-state index < -0.39 is 0 Å². The molecule has 68 valence electrons. The molecule has 0 radical (unpaired) electrons. The molecule has 1 aliphatic heterocycles. The summed E-state index contributed by atoms with van der Waals surface area (Å²) in [6, 6.07) is 3.99. The normalized spacial score (nSPS) is 14.7. The van der Waals surface area contributed by atoms with Gasteiger partial charge in [0.15, 0.2) is 0 Å². The number of ether oxygens (including phenoxy) is 1. The molecule has 0 bridgehead atoms. The third-order valence-corrected chi connectivity index (χ3v) is 1.86. The molecule has 1 aromatic rings. The fourth-order valence-electron chi connectivity index (χ4n) is 1.26. The summed E-state index contributed by atoms with van der Waals surface area (Å²) in [6.07, 6.45) is 0. The first-order chi connectivity index (χ1) is 6.31. The summed E-state index contributed by atoms with van der Waals surface area (Å²) < 4.78 is 17.9. The van der Waals surface area contributed by atoms with Crippen LogP contribution in [0, 0.1) is 10.7 Å². The summed E-state index contributed by atoms with van der Waals surface area (Å²) in [5, 5.41) is 4.05. The highest BCUT2D eigenvalue weighted by molar-refractivity contribution is 5.59. The predicted molar refractivity (Wildman–Crippen MR) is 45.0 cm³/mol. The van der Waals surface area contributed by atoms with Crippen molar-refractivity contribution in [1.82, 2.24) is 0 Å². The number of rotatable bonds is 1. The van der Waals surface area contributed by atoms with Crippen LogP contribution in [-0.2, 0) is 0 Å². The molecule has 0 unspecified atom stereocenters. The molecule has 5 heteroatoms. The van der Waals surface area contributed by atoms with Gasteiger partial charge in [-0.3, -0.25) is 0 Å². The molecule has 0 aliphatic carbocycles. The average Bonchev–Trinajstić information content (AvgIpc) is 2.16. The van der Waals surface area contributed by atoms with E-state index in [1.165, 1.54) is 23.2 Å². The van der Waals surface area contributed by atoms with Gasteiger partial charge in [-0.1, -0.05) is 0 Å². The number of hydrogen-bond donors (Lipinski definition) is 0. The van der Waals surface area contributed by atoms with Crippen LogP contribution in [0.3, 0.4) is 0 Å². The van der Waals surface area contributed by atoms with Crippen molar-refractivity contribution in [3.05, 3.63) is 28.9 Å². The van der Waals surface area contributed by atoms with E-state index in [1.807, 2.05) is 0 Å². The Morgan fingerprint density at radius 2 is 2.38 bits per heavy atom. The Hall–Kier alpha value is -1.65. The van der Waals surface area contributed by atoms with E-state index >= 15 is 0 Å². The summed E-state index contributed by atoms with van der Waals surface area (Å²) in [7, 11) is 0. The van der Waals surface area contributed by atoms with Crippen molar-refractivity contribution in [1.29, 1.82) is 0 Å². The van der Waals surface area contributed by atoms with Gasteiger partial charge in [-0.25, -0.2) is 9.40 Å². The standard InChI is InChI=1S/C8H7FN2O2/c9-6-1-2-7-8(5-6)13-4-3-11(7)10-12/h1-2,5H,3-4H2. The smallest absolute Gasteiger partial charge is 0.147 e.